The predicted octanol–water partition coefficient (Wildman–Crippen LogP) is 3.49. The molecule has 0 heterocycles. The van der Waals surface area contributed by atoms with Crippen molar-refractivity contribution in [2.75, 3.05) is 12.9 Å². The van der Waals surface area contributed by atoms with E-state index in [4.69, 9.17) is 4.74 Å². The molecule has 0 aliphatic carbocycles. The number of rotatable bonds is 5. The third kappa shape index (κ3) is 3.73. The second kappa shape index (κ2) is 6.14. The van der Waals surface area contributed by atoms with Crippen molar-refractivity contribution in [1.82, 2.24) is 0 Å². The summed E-state index contributed by atoms with van der Waals surface area (Å²) in [4.78, 5) is 0.322. The lowest BCUT2D eigenvalue weighted by atomic mass is 10.1. The first-order valence-electron chi connectivity index (χ1n) is 6.54. The summed E-state index contributed by atoms with van der Waals surface area (Å²) in [6.45, 7) is 5.81. The molecule has 0 aliphatic heterocycles. The van der Waals surface area contributed by atoms with Gasteiger partial charge in [-0.3, -0.25) is 0 Å². The average molecular weight is 302 g/mol. The van der Waals surface area contributed by atoms with Gasteiger partial charge in [0.25, 0.3) is 0 Å². The maximum Gasteiger partial charge on any atom is 0.182 e. The highest BCUT2D eigenvalue weighted by Crippen LogP contribution is 2.22. The molecule has 0 saturated heterocycles. The van der Waals surface area contributed by atoms with Crippen molar-refractivity contribution < 1.29 is 13.2 Å². The van der Waals surface area contributed by atoms with E-state index in [0.29, 0.717) is 10.5 Å². The van der Waals surface area contributed by atoms with Gasteiger partial charge in [-0.1, -0.05) is 36.4 Å². The van der Waals surface area contributed by atoms with Gasteiger partial charge in [0.05, 0.1) is 17.8 Å². The van der Waals surface area contributed by atoms with E-state index in [-0.39, 0.29) is 5.75 Å². The van der Waals surface area contributed by atoms with Crippen molar-refractivity contribution in [2.45, 2.75) is 11.8 Å². The van der Waals surface area contributed by atoms with Crippen LogP contribution in [0.25, 0.3) is 5.57 Å². The van der Waals surface area contributed by atoms with Gasteiger partial charge in [-0.2, -0.15) is 0 Å². The Kier molecular flexibility index (Phi) is 4.48. The monoisotopic (exact) mass is 302 g/mol. The highest BCUT2D eigenvalue weighted by molar-refractivity contribution is 7.91. The normalized spacial score (nSPS) is 11.1. The van der Waals surface area contributed by atoms with Crippen LogP contribution in [0.5, 0.6) is 5.75 Å². The zero-order valence-corrected chi connectivity index (χ0v) is 13.0. The molecule has 0 radical (unpaired) electrons. The van der Waals surface area contributed by atoms with E-state index in [1.165, 1.54) is 0 Å². The molecule has 0 bridgehead atoms. The van der Waals surface area contributed by atoms with Gasteiger partial charge in [-0.05, 0) is 42.3 Å². The van der Waals surface area contributed by atoms with E-state index < -0.39 is 9.84 Å². The number of benzene rings is 2. The minimum absolute atomic E-state index is 0.0949. The van der Waals surface area contributed by atoms with E-state index in [1.807, 2.05) is 19.1 Å². The second-order valence-corrected chi connectivity index (χ2v) is 6.89. The van der Waals surface area contributed by atoms with Crippen LogP contribution in [-0.4, -0.2) is 21.3 Å². The molecule has 0 saturated carbocycles. The predicted molar refractivity (Wildman–Crippen MR) is 85.3 cm³/mol. The summed E-state index contributed by atoms with van der Waals surface area (Å²) in [5.74, 6) is 0.635. The Labute approximate surface area is 125 Å². The molecule has 4 heteroatoms. The molecule has 2 aromatic carbocycles. The van der Waals surface area contributed by atoms with E-state index in [2.05, 4.69) is 6.58 Å². The van der Waals surface area contributed by atoms with Gasteiger partial charge < -0.3 is 4.74 Å². The fourth-order valence-electron chi connectivity index (χ4n) is 1.97. The molecule has 0 spiro atoms. The number of sulfone groups is 1. The van der Waals surface area contributed by atoms with Crippen LogP contribution in [-0.2, 0) is 9.84 Å². The Morgan fingerprint density at radius 2 is 1.62 bits per heavy atom. The SMILES string of the molecule is C=C(CS(=O)(=O)c1ccc(C)cc1)c1ccc(OC)cc1. The minimum Gasteiger partial charge on any atom is -0.497 e. The van der Waals surface area contributed by atoms with Crippen LogP contribution >= 0.6 is 0 Å². The topological polar surface area (TPSA) is 43.4 Å². The van der Waals surface area contributed by atoms with Gasteiger partial charge in [0, 0.05) is 0 Å². The van der Waals surface area contributed by atoms with Crippen LogP contribution in [0.2, 0.25) is 0 Å². The molecule has 0 aromatic heterocycles. The number of ether oxygens (including phenoxy) is 1. The summed E-state index contributed by atoms with van der Waals surface area (Å²) >= 11 is 0. The summed E-state index contributed by atoms with van der Waals surface area (Å²) in [6, 6.07) is 14.1. The molecule has 3 nitrogen and oxygen atoms in total. The van der Waals surface area contributed by atoms with Crippen molar-refractivity contribution in [3.05, 3.63) is 66.2 Å². The van der Waals surface area contributed by atoms with Crippen molar-refractivity contribution >= 4 is 15.4 Å². The molecule has 110 valence electrons. The Balaban J connectivity index is 2.19. The molecular weight excluding hydrogens is 284 g/mol. The van der Waals surface area contributed by atoms with Crippen LogP contribution in [0, 0.1) is 6.92 Å². The summed E-state index contributed by atoms with van der Waals surface area (Å²) < 4.78 is 29.8. The van der Waals surface area contributed by atoms with Gasteiger partial charge in [-0.15, -0.1) is 0 Å². The molecule has 0 fully saturated rings. The third-order valence-electron chi connectivity index (χ3n) is 3.24. The molecule has 0 N–H and O–H groups in total. The number of hydrogen-bond acceptors (Lipinski definition) is 3. The second-order valence-electron chi connectivity index (χ2n) is 4.90. The molecule has 0 amide bonds. The maximum absolute atomic E-state index is 12.4. The number of methoxy groups -OCH3 is 1. The molecule has 0 unspecified atom stereocenters. The van der Waals surface area contributed by atoms with Gasteiger partial charge >= 0.3 is 0 Å². The fraction of sp³-hybridized carbons (Fsp3) is 0.176. The highest BCUT2D eigenvalue weighted by Gasteiger charge is 2.16. The van der Waals surface area contributed by atoms with E-state index in [0.717, 1.165) is 16.9 Å². The standard InChI is InChI=1S/C17H18O3S/c1-13-4-10-17(11-5-13)21(18,19)12-14(2)15-6-8-16(20-3)9-7-15/h4-11H,2,12H2,1,3H3. The quantitative estimate of drug-likeness (QED) is 0.849. The third-order valence-corrected chi connectivity index (χ3v) is 4.96. The largest absolute Gasteiger partial charge is 0.497 e. The smallest absolute Gasteiger partial charge is 0.182 e. The molecule has 2 aromatic rings. The maximum atomic E-state index is 12.4. The van der Waals surface area contributed by atoms with Crippen LogP contribution in [0.3, 0.4) is 0 Å². The summed E-state index contributed by atoms with van der Waals surface area (Å²) in [6.07, 6.45) is 0. The van der Waals surface area contributed by atoms with E-state index in [1.54, 1.807) is 43.5 Å². The molecular formula is C17H18O3S. The van der Waals surface area contributed by atoms with Crippen molar-refractivity contribution in [3.63, 3.8) is 0 Å². The van der Waals surface area contributed by atoms with Crippen LogP contribution in [0.4, 0.5) is 0 Å². The van der Waals surface area contributed by atoms with Gasteiger partial charge in [-0.25, -0.2) is 8.42 Å². The minimum atomic E-state index is -3.37. The van der Waals surface area contributed by atoms with Crippen LogP contribution < -0.4 is 4.74 Å². The van der Waals surface area contributed by atoms with E-state index in [9.17, 15) is 8.42 Å². The average Bonchev–Trinajstić information content (AvgIpc) is 2.47. The van der Waals surface area contributed by atoms with E-state index >= 15 is 0 Å². The van der Waals surface area contributed by atoms with Crippen LogP contribution in [0.1, 0.15) is 11.1 Å². The first kappa shape index (κ1) is 15.3. The lowest BCUT2D eigenvalue weighted by Crippen LogP contribution is -2.08. The van der Waals surface area contributed by atoms with Gasteiger partial charge in [0.2, 0.25) is 0 Å². The van der Waals surface area contributed by atoms with Gasteiger partial charge in [0.1, 0.15) is 5.75 Å². The fourth-order valence-corrected chi connectivity index (χ4v) is 3.31. The van der Waals surface area contributed by atoms with Crippen molar-refractivity contribution in [2.24, 2.45) is 0 Å². The van der Waals surface area contributed by atoms with Gasteiger partial charge in [0.15, 0.2) is 9.84 Å². The number of hydrogen-bond donors (Lipinski definition) is 0. The summed E-state index contributed by atoms with van der Waals surface area (Å²) in [5.41, 5.74) is 2.40. The van der Waals surface area contributed by atoms with Crippen LogP contribution in [0.15, 0.2) is 60.0 Å². The summed E-state index contributed by atoms with van der Waals surface area (Å²) in [5, 5.41) is 0. The highest BCUT2D eigenvalue weighted by atomic mass is 32.2. The van der Waals surface area contributed by atoms with Crippen molar-refractivity contribution in [1.29, 1.82) is 0 Å². The molecule has 0 aliphatic rings. The Bertz CT molecular complexity index is 727. The first-order chi connectivity index (χ1) is 9.92. The molecule has 2 rings (SSSR count). The Hall–Kier alpha value is -2.07. The Morgan fingerprint density at radius 3 is 2.14 bits per heavy atom. The summed E-state index contributed by atoms with van der Waals surface area (Å²) in [7, 11) is -1.78. The zero-order chi connectivity index (χ0) is 15.5. The number of aryl methyl sites for hydroxylation is 1. The molecule has 21 heavy (non-hydrogen) atoms. The molecule has 0 atom stereocenters. The Morgan fingerprint density at radius 1 is 1.05 bits per heavy atom. The zero-order valence-electron chi connectivity index (χ0n) is 12.2. The lowest BCUT2D eigenvalue weighted by molar-refractivity contribution is 0.415. The lowest BCUT2D eigenvalue weighted by Gasteiger charge is -2.09. The first-order valence-corrected chi connectivity index (χ1v) is 8.19. The van der Waals surface area contributed by atoms with Crippen molar-refractivity contribution in [3.8, 4) is 5.75 Å².